The highest BCUT2D eigenvalue weighted by Crippen LogP contribution is 2.39. The summed E-state index contributed by atoms with van der Waals surface area (Å²) < 4.78 is 5.61. The highest BCUT2D eigenvalue weighted by atomic mass is 16.5. The molecule has 1 aliphatic rings. The summed E-state index contributed by atoms with van der Waals surface area (Å²) in [6.07, 6.45) is 5.20. The van der Waals surface area contributed by atoms with Crippen molar-refractivity contribution in [2.45, 2.75) is 52.5 Å². The van der Waals surface area contributed by atoms with Gasteiger partial charge in [-0.2, -0.15) is 0 Å². The van der Waals surface area contributed by atoms with Gasteiger partial charge in [-0.15, -0.1) is 0 Å². The molecule has 1 atom stereocenters. The van der Waals surface area contributed by atoms with Crippen molar-refractivity contribution < 1.29 is 4.74 Å². The van der Waals surface area contributed by atoms with Crippen LogP contribution < -0.4 is 10.1 Å². The molecule has 0 radical (unpaired) electrons. The zero-order valence-electron chi connectivity index (χ0n) is 12.5. The van der Waals surface area contributed by atoms with Gasteiger partial charge in [-0.3, -0.25) is 0 Å². The summed E-state index contributed by atoms with van der Waals surface area (Å²) in [6.45, 7) is 8.68. The Bertz CT molecular complexity index is 381. The third-order valence-electron chi connectivity index (χ3n) is 4.25. The van der Waals surface area contributed by atoms with Gasteiger partial charge >= 0.3 is 0 Å². The first-order valence-electron chi connectivity index (χ1n) is 7.59. The molecular weight excluding hydrogens is 234 g/mol. The molecule has 2 rings (SSSR count). The fourth-order valence-electron chi connectivity index (χ4n) is 2.55. The third-order valence-corrected chi connectivity index (χ3v) is 4.25. The fraction of sp³-hybridized carbons (Fsp3) is 0.647. The maximum atomic E-state index is 5.61. The standard InChI is InChI=1S/C17H27NO/c1-4-12-19-16-8-6-15(7-9-16)14(2)18-13-17(3)10-5-11-17/h6-9,14,18H,4-5,10-13H2,1-3H3. The first-order valence-corrected chi connectivity index (χ1v) is 7.59. The van der Waals surface area contributed by atoms with E-state index in [1.54, 1.807) is 0 Å². The minimum atomic E-state index is 0.414. The number of benzene rings is 1. The molecule has 2 heteroatoms. The second kappa shape index (κ2) is 6.42. The summed E-state index contributed by atoms with van der Waals surface area (Å²) in [5.74, 6) is 0.976. The lowest BCUT2D eigenvalue weighted by Crippen LogP contribution is -2.38. The van der Waals surface area contributed by atoms with E-state index in [9.17, 15) is 0 Å². The Morgan fingerprint density at radius 3 is 2.47 bits per heavy atom. The molecule has 0 aliphatic heterocycles. The van der Waals surface area contributed by atoms with Gasteiger partial charge in [-0.25, -0.2) is 0 Å². The smallest absolute Gasteiger partial charge is 0.119 e. The summed E-state index contributed by atoms with van der Waals surface area (Å²) in [5, 5.41) is 3.66. The van der Waals surface area contributed by atoms with Gasteiger partial charge in [0.1, 0.15) is 5.75 Å². The molecule has 0 amide bonds. The van der Waals surface area contributed by atoms with Crippen molar-refractivity contribution in [3.05, 3.63) is 29.8 Å². The first-order chi connectivity index (χ1) is 9.13. The Labute approximate surface area is 117 Å². The van der Waals surface area contributed by atoms with E-state index >= 15 is 0 Å². The van der Waals surface area contributed by atoms with E-state index in [2.05, 4.69) is 50.4 Å². The van der Waals surface area contributed by atoms with E-state index in [4.69, 9.17) is 4.74 Å². The van der Waals surface area contributed by atoms with Crippen LogP contribution in [0.1, 0.15) is 58.1 Å². The van der Waals surface area contributed by atoms with Crippen LogP contribution in [0.5, 0.6) is 5.75 Å². The van der Waals surface area contributed by atoms with E-state index in [0.717, 1.165) is 25.3 Å². The van der Waals surface area contributed by atoms with Crippen molar-refractivity contribution in [2.75, 3.05) is 13.2 Å². The molecule has 1 saturated carbocycles. The van der Waals surface area contributed by atoms with E-state index in [0.29, 0.717) is 11.5 Å². The summed E-state index contributed by atoms with van der Waals surface area (Å²) in [7, 11) is 0. The highest BCUT2D eigenvalue weighted by Gasteiger charge is 2.31. The number of rotatable bonds is 7. The van der Waals surface area contributed by atoms with Crippen LogP contribution in [0.25, 0.3) is 0 Å². The SMILES string of the molecule is CCCOc1ccc(C(C)NCC2(C)CCC2)cc1. The molecule has 2 nitrogen and oxygen atoms in total. The molecule has 1 N–H and O–H groups in total. The second-order valence-electron chi connectivity index (χ2n) is 6.18. The van der Waals surface area contributed by atoms with E-state index < -0.39 is 0 Å². The van der Waals surface area contributed by atoms with E-state index in [1.807, 2.05) is 0 Å². The predicted molar refractivity (Wildman–Crippen MR) is 80.6 cm³/mol. The Balaban J connectivity index is 1.82. The lowest BCUT2D eigenvalue weighted by molar-refractivity contribution is 0.152. The van der Waals surface area contributed by atoms with Gasteiger partial charge in [0.2, 0.25) is 0 Å². The molecule has 106 valence electrons. The molecular formula is C17H27NO. The minimum Gasteiger partial charge on any atom is -0.494 e. The molecule has 0 saturated heterocycles. The average molecular weight is 261 g/mol. The molecule has 0 spiro atoms. The maximum absolute atomic E-state index is 5.61. The monoisotopic (exact) mass is 261 g/mol. The van der Waals surface area contributed by atoms with Crippen LogP contribution in [0.15, 0.2) is 24.3 Å². The van der Waals surface area contributed by atoms with Gasteiger partial charge in [0, 0.05) is 12.6 Å². The van der Waals surface area contributed by atoms with Crippen molar-refractivity contribution in [2.24, 2.45) is 5.41 Å². The Morgan fingerprint density at radius 1 is 1.26 bits per heavy atom. The van der Waals surface area contributed by atoms with Crippen molar-refractivity contribution in [3.8, 4) is 5.75 Å². The molecule has 1 aliphatic carbocycles. The van der Waals surface area contributed by atoms with Gasteiger partial charge < -0.3 is 10.1 Å². The van der Waals surface area contributed by atoms with Crippen molar-refractivity contribution in [1.29, 1.82) is 0 Å². The molecule has 1 aromatic rings. The Hall–Kier alpha value is -1.02. The molecule has 1 unspecified atom stereocenters. The fourth-order valence-corrected chi connectivity index (χ4v) is 2.55. The van der Waals surface area contributed by atoms with Crippen LogP contribution in [-0.4, -0.2) is 13.2 Å². The predicted octanol–water partition coefficient (Wildman–Crippen LogP) is 4.32. The van der Waals surface area contributed by atoms with E-state index in [1.165, 1.54) is 24.8 Å². The normalized spacial score (nSPS) is 18.7. The first kappa shape index (κ1) is 14.4. The van der Waals surface area contributed by atoms with Crippen molar-refractivity contribution in [1.82, 2.24) is 5.32 Å². The zero-order chi connectivity index (χ0) is 13.7. The lowest BCUT2D eigenvalue weighted by atomic mass is 9.70. The summed E-state index contributed by atoms with van der Waals surface area (Å²) in [5.41, 5.74) is 1.88. The van der Waals surface area contributed by atoms with Crippen molar-refractivity contribution in [3.63, 3.8) is 0 Å². The lowest BCUT2D eigenvalue weighted by Gasteiger charge is -2.39. The Kier molecular flexibility index (Phi) is 4.87. The van der Waals surface area contributed by atoms with Gasteiger partial charge in [-0.1, -0.05) is 32.4 Å². The molecule has 1 aromatic carbocycles. The van der Waals surface area contributed by atoms with Crippen LogP contribution in [0.4, 0.5) is 0 Å². The van der Waals surface area contributed by atoms with Gasteiger partial charge in [-0.05, 0) is 49.3 Å². The van der Waals surface area contributed by atoms with Crippen LogP contribution in [0.2, 0.25) is 0 Å². The van der Waals surface area contributed by atoms with Crippen LogP contribution in [-0.2, 0) is 0 Å². The molecule has 19 heavy (non-hydrogen) atoms. The van der Waals surface area contributed by atoms with Crippen LogP contribution in [0.3, 0.4) is 0 Å². The van der Waals surface area contributed by atoms with E-state index in [-0.39, 0.29) is 0 Å². The molecule has 0 heterocycles. The molecule has 0 aromatic heterocycles. The number of hydrogen-bond donors (Lipinski definition) is 1. The summed E-state index contributed by atoms with van der Waals surface area (Å²) >= 11 is 0. The quantitative estimate of drug-likeness (QED) is 0.789. The number of ether oxygens (including phenoxy) is 1. The van der Waals surface area contributed by atoms with Crippen LogP contribution >= 0.6 is 0 Å². The summed E-state index contributed by atoms with van der Waals surface area (Å²) in [6, 6.07) is 8.91. The number of hydrogen-bond acceptors (Lipinski definition) is 2. The summed E-state index contributed by atoms with van der Waals surface area (Å²) in [4.78, 5) is 0. The second-order valence-corrected chi connectivity index (χ2v) is 6.18. The van der Waals surface area contributed by atoms with Gasteiger partial charge in [0.05, 0.1) is 6.61 Å². The number of nitrogens with one attached hydrogen (secondary N) is 1. The van der Waals surface area contributed by atoms with Gasteiger partial charge in [0.25, 0.3) is 0 Å². The molecule has 1 fully saturated rings. The van der Waals surface area contributed by atoms with Gasteiger partial charge in [0.15, 0.2) is 0 Å². The Morgan fingerprint density at radius 2 is 1.95 bits per heavy atom. The highest BCUT2D eigenvalue weighted by molar-refractivity contribution is 5.28. The van der Waals surface area contributed by atoms with Crippen molar-refractivity contribution >= 4 is 0 Å². The largest absolute Gasteiger partial charge is 0.494 e. The minimum absolute atomic E-state index is 0.414. The average Bonchev–Trinajstić information content (AvgIpc) is 2.41. The molecule has 0 bridgehead atoms. The van der Waals surface area contributed by atoms with Crippen LogP contribution in [0, 0.1) is 5.41 Å². The zero-order valence-corrected chi connectivity index (χ0v) is 12.5. The third kappa shape index (κ3) is 3.97. The topological polar surface area (TPSA) is 21.3 Å². The maximum Gasteiger partial charge on any atom is 0.119 e.